The van der Waals surface area contributed by atoms with Gasteiger partial charge in [-0.05, 0) is 48.3 Å². The largest absolute Gasteiger partial charge is 0.448 e. The van der Waals surface area contributed by atoms with Gasteiger partial charge in [-0.2, -0.15) is 0 Å². The van der Waals surface area contributed by atoms with Crippen molar-refractivity contribution in [3.63, 3.8) is 0 Å². The van der Waals surface area contributed by atoms with Gasteiger partial charge in [0, 0.05) is 0 Å². The predicted octanol–water partition coefficient (Wildman–Crippen LogP) is 4.62. The van der Waals surface area contributed by atoms with Gasteiger partial charge >= 0.3 is 0 Å². The number of nitrogens with one attached hydrogen (secondary N) is 1. The maximum absolute atomic E-state index is 13.4. The van der Waals surface area contributed by atoms with Crippen molar-refractivity contribution < 1.29 is 8.81 Å². The molecule has 0 saturated carbocycles. The smallest absolute Gasteiger partial charge is 0.193 e. The van der Waals surface area contributed by atoms with E-state index < -0.39 is 5.82 Å². The number of furan rings is 1. The minimum atomic E-state index is -0.410. The van der Waals surface area contributed by atoms with Crippen LogP contribution in [0.4, 0.5) is 4.39 Å². The molecule has 1 heterocycles. The molecule has 1 unspecified atom stereocenters. The van der Waals surface area contributed by atoms with Gasteiger partial charge in [0.25, 0.3) is 0 Å². The Morgan fingerprint density at radius 1 is 1.26 bits per heavy atom. The third kappa shape index (κ3) is 3.50. The van der Waals surface area contributed by atoms with E-state index in [9.17, 15) is 4.39 Å². The Morgan fingerprint density at radius 2 is 2.05 bits per heavy atom. The number of hydrogen-bond donors (Lipinski definition) is 1. The zero-order valence-corrected chi connectivity index (χ0v) is 11.9. The quantitative estimate of drug-likeness (QED) is 0.872. The Labute approximate surface area is 121 Å². The summed E-state index contributed by atoms with van der Waals surface area (Å²) < 4.78 is 18.8. The first kappa shape index (κ1) is 14.4. The summed E-state index contributed by atoms with van der Waals surface area (Å²) in [6, 6.07) is 8.21. The molecule has 102 valence electrons. The molecule has 1 aromatic carbocycles. The van der Waals surface area contributed by atoms with Crippen molar-refractivity contribution in [3.8, 4) is 0 Å². The van der Waals surface area contributed by atoms with E-state index in [1.165, 1.54) is 6.07 Å². The van der Waals surface area contributed by atoms with E-state index in [0.29, 0.717) is 17.4 Å². The van der Waals surface area contributed by atoms with E-state index in [1.54, 1.807) is 18.2 Å². The molecule has 0 saturated heterocycles. The first-order chi connectivity index (χ1) is 9.11. The Balaban J connectivity index is 2.23. The zero-order valence-electron chi connectivity index (χ0n) is 10.4. The van der Waals surface area contributed by atoms with Crippen molar-refractivity contribution in [1.29, 1.82) is 0 Å². The molecule has 0 aliphatic heterocycles. The third-order valence-electron chi connectivity index (χ3n) is 2.84. The van der Waals surface area contributed by atoms with Crippen molar-refractivity contribution in [3.05, 3.63) is 57.7 Å². The molecule has 5 heteroatoms. The fourth-order valence-electron chi connectivity index (χ4n) is 1.96. The van der Waals surface area contributed by atoms with Crippen molar-refractivity contribution in [2.45, 2.75) is 19.4 Å². The monoisotopic (exact) mass is 301 g/mol. The molecule has 0 aliphatic rings. The highest BCUT2D eigenvalue weighted by molar-refractivity contribution is 6.31. The minimum Gasteiger partial charge on any atom is -0.448 e. The molecule has 2 nitrogen and oxygen atoms in total. The van der Waals surface area contributed by atoms with Crippen LogP contribution in [0.1, 0.15) is 24.3 Å². The van der Waals surface area contributed by atoms with E-state index in [-0.39, 0.29) is 11.1 Å². The lowest BCUT2D eigenvalue weighted by atomic mass is 10.0. The molecule has 2 rings (SSSR count). The van der Waals surface area contributed by atoms with Crippen LogP contribution in [0.2, 0.25) is 10.2 Å². The Morgan fingerprint density at radius 3 is 2.68 bits per heavy atom. The van der Waals surface area contributed by atoms with Crippen LogP contribution >= 0.6 is 23.2 Å². The number of likely N-dealkylation sites (N-methyl/N-ethyl adjacent to an activating group) is 1. The average Bonchev–Trinajstić information content (AvgIpc) is 2.81. The van der Waals surface area contributed by atoms with Crippen LogP contribution < -0.4 is 5.32 Å². The SMILES string of the molecule is CCNC(Cc1cccc(F)c1Cl)c1ccc(Cl)o1. The zero-order chi connectivity index (χ0) is 13.8. The molecule has 0 spiro atoms. The molecule has 1 N–H and O–H groups in total. The standard InChI is InChI=1S/C14H14Cl2FNO/c1-2-18-11(12-6-7-13(15)19-12)8-9-4-3-5-10(17)14(9)16/h3-7,11,18H,2,8H2,1H3. The van der Waals surface area contributed by atoms with E-state index in [1.807, 2.05) is 13.0 Å². The molecule has 2 aromatic rings. The van der Waals surface area contributed by atoms with Crippen LogP contribution in [0.15, 0.2) is 34.7 Å². The second-order valence-corrected chi connectivity index (χ2v) is 4.92. The molecule has 1 atom stereocenters. The molecule has 0 aliphatic carbocycles. The van der Waals surface area contributed by atoms with Crippen molar-refractivity contribution in [2.24, 2.45) is 0 Å². The van der Waals surface area contributed by atoms with Crippen molar-refractivity contribution in [2.75, 3.05) is 6.54 Å². The molecule has 19 heavy (non-hydrogen) atoms. The Bertz CT molecular complexity index is 556. The Kier molecular flexibility index (Phi) is 4.86. The van der Waals surface area contributed by atoms with Gasteiger partial charge < -0.3 is 9.73 Å². The summed E-state index contributed by atoms with van der Waals surface area (Å²) in [6.45, 7) is 2.75. The lowest BCUT2D eigenvalue weighted by Gasteiger charge is -2.16. The minimum absolute atomic E-state index is 0.0863. The highest BCUT2D eigenvalue weighted by Gasteiger charge is 2.17. The van der Waals surface area contributed by atoms with Crippen LogP contribution in [0, 0.1) is 5.82 Å². The fraction of sp³-hybridized carbons (Fsp3) is 0.286. The molecular formula is C14H14Cl2FNO. The van der Waals surface area contributed by atoms with E-state index in [2.05, 4.69) is 5.32 Å². The van der Waals surface area contributed by atoms with Crippen molar-refractivity contribution in [1.82, 2.24) is 5.32 Å². The first-order valence-corrected chi connectivity index (χ1v) is 6.79. The van der Waals surface area contributed by atoms with Gasteiger partial charge in [-0.25, -0.2) is 4.39 Å². The second-order valence-electron chi connectivity index (χ2n) is 4.17. The molecule has 0 bridgehead atoms. The van der Waals surface area contributed by atoms with Crippen LogP contribution in [0.25, 0.3) is 0 Å². The summed E-state index contributed by atoms with van der Waals surface area (Å²) in [5, 5.41) is 3.77. The summed E-state index contributed by atoms with van der Waals surface area (Å²) in [5.74, 6) is 0.305. The first-order valence-electron chi connectivity index (χ1n) is 6.03. The maximum atomic E-state index is 13.4. The summed E-state index contributed by atoms with van der Waals surface area (Å²) >= 11 is 11.8. The van der Waals surface area contributed by atoms with Gasteiger partial charge in [-0.3, -0.25) is 0 Å². The summed E-state index contributed by atoms with van der Waals surface area (Å²) in [4.78, 5) is 0. The van der Waals surface area contributed by atoms with Gasteiger partial charge in [0.2, 0.25) is 0 Å². The lowest BCUT2D eigenvalue weighted by molar-refractivity contribution is 0.417. The van der Waals surface area contributed by atoms with Crippen LogP contribution in [-0.4, -0.2) is 6.54 Å². The van der Waals surface area contributed by atoms with Gasteiger partial charge in [-0.15, -0.1) is 0 Å². The van der Waals surface area contributed by atoms with Crippen LogP contribution in [0.3, 0.4) is 0 Å². The molecule has 1 aromatic heterocycles. The second kappa shape index (κ2) is 6.42. The Hall–Kier alpha value is -1.03. The highest BCUT2D eigenvalue weighted by atomic mass is 35.5. The van der Waals surface area contributed by atoms with Gasteiger partial charge in [-0.1, -0.05) is 30.7 Å². The number of rotatable bonds is 5. The third-order valence-corrected chi connectivity index (χ3v) is 3.47. The topological polar surface area (TPSA) is 25.2 Å². The molecule has 0 amide bonds. The number of hydrogen-bond acceptors (Lipinski definition) is 2. The molecule has 0 radical (unpaired) electrons. The van der Waals surface area contributed by atoms with E-state index >= 15 is 0 Å². The summed E-state index contributed by atoms with van der Waals surface area (Å²) in [6.07, 6.45) is 0.536. The predicted molar refractivity (Wildman–Crippen MR) is 75.2 cm³/mol. The summed E-state index contributed by atoms with van der Waals surface area (Å²) in [5.41, 5.74) is 0.736. The molecule has 0 fully saturated rings. The average molecular weight is 302 g/mol. The van der Waals surface area contributed by atoms with E-state index in [4.69, 9.17) is 27.6 Å². The van der Waals surface area contributed by atoms with Crippen LogP contribution in [0.5, 0.6) is 0 Å². The highest BCUT2D eigenvalue weighted by Crippen LogP contribution is 2.27. The lowest BCUT2D eigenvalue weighted by Crippen LogP contribution is -2.22. The number of halogens is 3. The fourth-order valence-corrected chi connectivity index (χ4v) is 2.32. The van der Waals surface area contributed by atoms with Crippen molar-refractivity contribution >= 4 is 23.2 Å². The van der Waals surface area contributed by atoms with Crippen LogP contribution in [-0.2, 0) is 6.42 Å². The van der Waals surface area contributed by atoms with Gasteiger partial charge in [0.05, 0.1) is 11.1 Å². The molecular weight excluding hydrogens is 288 g/mol. The van der Waals surface area contributed by atoms with E-state index in [0.717, 1.165) is 12.1 Å². The maximum Gasteiger partial charge on any atom is 0.193 e. The van der Waals surface area contributed by atoms with Gasteiger partial charge in [0.1, 0.15) is 11.6 Å². The normalized spacial score (nSPS) is 12.6. The number of benzene rings is 1. The summed E-state index contributed by atoms with van der Waals surface area (Å²) in [7, 11) is 0. The van der Waals surface area contributed by atoms with Gasteiger partial charge in [0.15, 0.2) is 5.22 Å².